The van der Waals surface area contributed by atoms with Crippen molar-refractivity contribution in [3.8, 4) is 11.5 Å². The molecule has 0 spiro atoms. The largest absolute Gasteiger partial charge is 0.490 e. The average Bonchev–Trinajstić information content (AvgIpc) is 3.04. The SMILES string of the molecule is C=CCc1cc(/C=C2/SC(=O)N(CC(=O)Nc3ccccc3)C2=O)cc(OCC)c1OCC. The van der Waals surface area contributed by atoms with Crippen molar-refractivity contribution < 1.29 is 23.9 Å². The number of carbonyl (C=O) groups is 3. The molecule has 1 saturated heterocycles. The van der Waals surface area contributed by atoms with Gasteiger partial charge >= 0.3 is 0 Å². The maximum atomic E-state index is 12.9. The highest BCUT2D eigenvalue weighted by Crippen LogP contribution is 2.37. The lowest BCUT2D eigenvalue weighted by molar-refractivity contribution is -0.127. The Hall–Kier alpha value is -3.52. The third kappa shape index (κ3) is 6.04. The zero-order valence-electron chi connectivity index (χ0n) is 18.6. The fourth-order valence-electron chi connectivity index (χ4n) is 3.30. The van der Waals surface area contributed by atoms with Crippen molar-refractivity contribution >= 4 is 40.6 Å². The maximum absolute atomic E-state index is 12.9. The second kappa shape index (κ2) is 11.4. The summed E-state index contributed by atoms with van der Waals surface area (Å²) in [4.78, 5) is 38.8. The van der Waals surface area contributed by atoms with Gasteiger partial charge in [-0.1, -0.05) is 24.3 Å². The Kier molecular flexibility index (Phi) is 8.32. The normalized spacial score (nSPS) is 14.5. The summed E-state index contributed by atoms with van der Waals surface area (Å²) >= 11 is 0.804. The van der Waals surface area contributed by atoms with Crippen molar-refractivity contribution in [3.05, 3.63) is 71.2 Å². The first kappa shape index (κ1) is 24.1. The predicted octanol–water partition coefficient (Wildman–Crippen LogP) is 4.89. The molecule has 0 unspecified atom stereocenters. The van der Waals surface area contributed by atoms with Gasteiger partial charge in [0, 0.05) is 11.3 Å². The molecular formula is C25H26N2O5S. The van der Waals surface area contributed by atoms with Gasteiger partial charge < -0.3 is 14.8 Å². The van der Waals surface area contributed by atoms with Crippen molar-refractivity contribution in [3.63, 3.8) is 0 Å². The number of carbonyl (C=O) groups excluding carboxylic acids is 3. The zero-order chi connectivity index (χ0) is 23.8. The van der Waals surface area contributed by atoms with Crippen LogP contribution in [0.1, 0.15) is 25.0 Å². The molecule has 33 heavy (non-hydrogen) atoms. The summed E-state index contributed by atoms with van der Waals surface area (Å²) in [5.41, 5.74) is 2.15. The van der Waals surface area contributed by atoms with Gasteiger partial charge in [0.2, 0.25) is 5.91 Å². The number of rotatable bonds is 10. The monoisotopic (exact) mass is 466 g/mol. The van der Waals surface area contributed by atoms with E-state index in [2.05, 4.69) is 11.9 Å². The van der Waals surface area contributed by atoms with Gasteiger partial charge in [0.15, 0.2) is 11.5 Å². The predicted molar refractivity (Wildman–Crippen MR) is 130 cm³/mol. The van der Waals surface area contributed by atoms with E-state index in [1.54, 1.807) is 42.5 Å². The molecule has 1 N–H and O–H groups in total. The van der Waals surface area contributed by atoms with Crippen LogP contribution in [0.5, 0.6) is 11.5 Å². The lowest BCUT2D eigenvalue weighted by Gasteiger charge is -2.16. The van der Waals surface area contributed by atoms with Crippen LogP contribution in [0.15, 0.2) is 60.0 Å². The zero-order valence-corrected chi connectivity index (χ0v) is 19.4. The van der Waals surface area contributed by atoms with Gasteiger partial charge in [-0.15, -0.1) is 6.58 Å². The molecule has 0 aliphatic carbocycles. The van der Waals surface area contributed by atoms with E-state index in [-0.39, 0.29) is 11.4 Å². The van der Waals surface area contributed by atoms with Crippen molar-refractivity contribution in [1.82, 2.24) is 4.90 Å². The van der Waals surface area contributed by atoms with E-state index >= 15 is 0 Å². The second-order valence-corrected chi connectivity index (χ2v) is 8.04. The number of benzene rings is 2. The Labute approximate surface area is 197 Å². The van der Waals surface area contributed by atoms with E-state index in [1.165, 1.54) is 0 Å². The molecule has 3 amide bonds. The Morgan fingerprint density at radius 3 is 2.52 bits per heavy atom. The number of imide groups is 1. The number of para-hydroxylation sites is 1. The summed E-state index contributed by atoms with van der Waals surface area (Å²) in [6, 6.07) is 12.5. The van der Waals surface area contributed by atoms with E-state index in [4.69, 9.17) is 9.47 Å². The van der Waals surface area contributed by atoms with E-state index < -0.39 is 17.1 Å². The molecule has 3 rings (SSSR count). The number of amides is 3. The van der Waals surface area contributed by atoms with Crippen LogP contribution in [-0.2, 0) is 16.0 Å². The molecule has 0 bridgehead atoms. The highest BCUT2D eigenvalue weighted by atomic mass is 32.2. The standard InChI is InChI=1S/C25H26N2O5S/c1-4-10-18-13-17(14-20(31-5-2)23(18)32-6-3)15-21-24(29)27(25(30)33-21)16-22(28)26-19-11-8-7-9-12-19/h4,7-9,11-15H,1,5-6,10,16H2,2-3H3,(H,26,28)/b21-15+. The number of allylic oxidation sites excluding steroid dienone is 1. The van der Waals surface area contributed by atoms with Crippen LogP contribution in [0.25, 0.3) is 6.08 Å². The lowest BCUT2D eigenvalue weighted by atomic mass is 10.0. The number of anilines is 1. The Bertz CT molecular complexity index is 1080. The van der Waals surface area contributed by atoms with Gasteiger partial charge in [-0.25, -0.2) is 0 Å². The third-order valence-electron chi connectivity index (χ3n) is 4.64. The van der Waals surface area contributed by atoms with Crippen LogP contribution in [0.3, 0.4) is 0 Å². The Morgan fingerprint density at radius 2 is 1.85 bits per heavy atom. The molecule has 1 aliphatic rings. The smallest absolute Gasteiger partial charge is 0.294 e. The van der Waals surface area contributed by atoms with Crippen LogP contribution < -0.4 is 14.8 Å². The fourth-order valence-corrected chi connectivity index (χ4v) is 4.14. The maximum Gasteiger partial charge on any atom is 0.294 e. The van der Waals surface area contributed by atoms with E-state index in [0.29, 0.717) is 42.4 Å². The minimum Gasteiger partial charge on any atom is -0.490 e. The van der Waals surface area contributed by atoms with Crippen LogP contribution >= 0.6 is 11.8 Å². The first-order valence-corrected chi connectivity index (χ1v) is 11.4. The molecule has 0 aromatic heterocycles. The molecule has 172 valence electrons. The molecule has 2 aromatic carbocycles. The summed E-state index contributed by atoms with van der Waals surface area (Å²) < 4.78 is 11.5. The third-order valence-corrected chi connectivity index (χ3v) is 5.54. The Balaban J connectivity index is 1.83. The first-order valence-electron chi connectivity index (χ1n) is 10.6. The summed E-state index contributed by atoms with van der Waals surface area (Å²) in [5.74, 6) is 0.247. The highest BCUT2D eigenvalue weighted by molar-refractivity contribution is 8.18. The molecule has 0 radical (unpaired) electrons. The van der Waals surface area contributed by atoms with Crippen molar-refractivity contribution in [1.29, 1.82) is 0 Å². The van der Waals surface area contributed by atoms with Gasteiger partial charge in [-0.2, -0.15) is 0 Å². The molecule has 1 heterocycles. The number of ether oxygens (including phenoxy) is 2. The fraction of sp³-hybridized carbons (Fsp3) is 0.240. The number of hydrogen-bond donors (Lipinski definition) is 1. The molecular weight excluding hydrogens is 440 g/mol. The summed E-state index contributed by atoms with van der Waals surface area (Å²) in [5, 5.41) is 2.19. The van der Waals surface area contributed by atoms with E-state index in [1.807, 2.05) is 26.0 Å². The van der Waals surface area contributed by atoms with Crippen LogP contribution in [0.2, 0.25) is 0 Å². The van der Waals surface area contributed by atoms with E-state index in [9.17, 15) is 14.4 Å². The minimum absolute atomic E-state index is 0.240. The number of thioether (sulfide) groups is 1. The van der Waals surface area contributed by atoms with Gasteiger partial charge in [0.05, 0.1) is 18.1 Å². The number of nitrogens with one attached hydrogen (secondary N) is 1. The van der Waals surface area contributed by atoms with Crippen molar-refractivity contribution in [2.45, 2.75) is 20.3 Å². The highest BCUT2D eigenvalue weighted by Gasteiger charge is 2.36. The summed E-state index contributed by atoms with van der Waals surface area (Å²) in [7, 11) is 0. The molecule has 1 aliphatic heterocycles. The summed E-state index contributed by atoms with van der Waals surface area (Å²) in [6.45, 7) is 8.14. The minimum atomic E-state index is -0.509. The quantitative estimate of drug-likeness (QED) is 0.397. The van der Waals surface area contributed by atoms with Gasteiger partial charge in [-0.05, 0) is 67.9 Å². The van der Waals surface area contributed by atoms with Gasteiger partial charge in [0.25, 0.3) is 11.1 Å². The molecule has 0 saturated carbocycles. The first-order chi connectivity index (χ1) is 16.0. The van der Waals surface area contributed by atoms with Crippen molar-refractivity contribution in [2.24, 2.45) is 0 Å². The topological polar surface area (TPSA) is 84.9 Å². The van der Waals surface area contributed by atoms with Gasteiger partial charge in [-0.3, -0.25) is 19.3 Å². The van der Waals surface area contributed by atoms with Crippen LogP contribution in [0, 0.1) is 0 Å². The Morgan fingerprint density at radius 1 is 1.12 bits per heavy atom. The molecule has 0 atom stereocenters. The van der Waals surface area contributed by atoms with E-state index in [0.717, 1.165) is 22.2 Å². The molecule has 1 fully saturated rings. The average molecular weight is 467 g/mol. The number of nitrogens with zero attached hydrogens (tertiary/aromatic N) is 1. The number of hydrogen-bond acceptors (Lipinski definition) is 6. The van der Waals surface area contributed by atoms with Crippen molar-refractivity contribution in [2.75, 3.05) is 25.1 Å². The van der Waals surface area contributed by atoms with Crippen LogP contribution in [0.4, 0.5) is 10.5 Å². The van der Waals surface area contributed by atoms with Gasteiger partial charge in [0.1, 0.15) is 6.54 Å². The molecule has 8 heteroatoms. The lowest BCUT2D eigenvalue weighted by Crippen LogP contribution is -2.36. The molecule has 2 aromatic rings. The second-order valence-electron chi connectivity index (χ2n) is 7.05. The molecule has 7 nitrogen and oxygen atoms in total. The summed E-state index contributed by atoms with van der Waals surface area (Å²) in [6.07, 6.45) is 3.94. The van der Waals surface area contributed by atoms with Crippen LogP contribution in [-0.4, -0.2) is 41.7 Å².